The van der Waals surface area contributed by atoms with Gasteiger partial charge < -0.3 is 4.74 Å². The van der Waals surface area contributed by atoms with E-state index in [9.17, 15) is 9.18 Å². The van der Waals surface area contributed by atoms with Crippen LogP contribution in [-0.4, -0.2) is 12.6 Å². The molecule has 0 bridgehead atoms. The van der Waals surface area contributed by atoms with E-state index in [1.54, 1.807) is 6.92 Å². The Morgan fingerprint density at radius 2 is 2.29 bits per heavy atom. The molecule has 0 unspecified atom stereocenters. The molecule has 0 amide bonds. The Morgan fingerprint density at radius 1 is 1.53 bits per heavy atom. The third kappa shape index (κ3) is 3.96. The first-order valence-electron chi connectivity index (χ1n) is 5.01. The molecular formula is C13H10FNO2. The summed E-state index contributed by atoms with van der Waals surface area (Å²) >= 11 is 0. The summed E-state index contributed by atoms with van der Waals surface area (Å²) < 4.78 is 17.8. The summed E-state index contributed by atoms with van der Waals surface area (Å²) in [6, 6.07) is 5.98. The van der Waals surface area contributed by atoms with E-state index in [0.29, 0.717) is 5.56 Å². The highest BCUT2D eigenvalue weighted by Gasteiger charge is 2.02. The maximum Gasteiger partial charge on any atom is 0.384 e. The summed E-state index contributed by atoms with van der Waals surface area (Å²) in [7, 11) is 0. The molecule has 0 saturated carbocycles. The Hall–Kier alpha value is -2.33. The Balaban J connectivity index is 2.89. The molecular weight excluding hydrogens is 221 g/mol. The van der Waals surface area contributed by atoms with Crippen LogP contribution in [0, 0.1) is 29.0 Å². The molecule has 0 aliphatic heterocycles. The standard InChI is InChI=1S/C13H10FNO2/c1-2-17-13(16)6-4-10-3-5-12(14)11(9-10)7-8-15/h3,5,9H,2,7H2,1H3. The van der Waals surface area contributed by atoms with E-state index in [1.807, 2.05) is 6.07 Å². The lowest BCUT2D eigenvalue weighted by Crippen LogP contribution is -1.99. The van der Waals surface area contributed by atoms with Gasteiger partial charge in [0.2, 0.25) is 0 Å². The summed E-state index contributed by atoms with van der Waals surface area (Å²) in [6.45, 7) is 1.94. The van der Waals surface area contributed by atoms with Gasteiger partial charge in [0.05, 0.1) is 19.1 Å². The molecule has 0 fully saturated rings. The quantitative estimate of drug-likeness (QED) is 0.576. The molecule has 0 aromatic heterocycles. The summed E-state index contributed by atoms with van der Waals surface area (Å²) in [5, 5.41) is 8.50. The van der Waals surface area contributed by atoms with E-state index < -0.39 is 11.8 Å². The fourth-order valence-corrected chi connectivity index (χ4v) is 1.16. The Kier molecular flexibility index (Phi) is 4.72. The number of carbonyl (C=O) groups excluding carboxylic acids is 1. The van der Waals surface area contributed by atoms with Crippen LogP contribution in [0.2, 0.25) is 0 Å². The Labute approximate surface area is 98.8 Å². The maximum absolute atomic E-state index is 13.2. The summed E-state index contributed by atoms with van der Waals surface area (Å²) in [6.07, 6.45) is -0.0270. The van der Waals surface area contributed by atoms with Gasteiger partial charge in [-0.1, -0.05) is 5.92 Å². The number of halogens is 1. The van der Waals surface area contributed by atoms with Crippen molar-refractivity contribution in [3.05, 3.63) is 35.1 Å². The van der Waals surface area contributed by atoms with Crippen LogP contribution in [0.1, 0.15) is 18.1 Å². The number of carbonyl (C=O) groups is 1. The minimum absolute atomic E-state index is 0.0270. The molecule has 0 N–H and O–H groups in total. The molecule has 0 radical (unpaired) electrons. The molecule has 0 saturated heterocycles. The smallest absolute Gasteiger partial charge is 0.384 e. The summed E-state index contributed by atoms with van der Waals surface area (Å²) in [5.74, 6) is 3.75. The highest BCUT2D eigenvalue weighted by Crippen LogP contribution is 2.10. The molecule has 0 aliphatic carbocycles. The molecule has 0 atom stereocenters. The second-order valence-corrected chi connectivity index (χ2v) is 3.11. The first-order valence-corrected chi connectivity index (χ1v) is 5.01. The second kappa shape index (κ2) is 6.30. The predicted octanol–water partition coefficient (Wildman–Crippen LogP) is 1.81. The van der Waals surface area contributed by atoms with Gasteiger partial charge in [-0.3, -0.25) is 0 Å². The van der Waals surface area contributed by atoms with Crippen molar-refractivity contribution in [3.63, 3.8) is 0 Å². The van der Waals surface area contributed by atoms with Gasteiger partial charge in [-0.2, -0.15) is 5.26 Å². The number of ether oxygens (including phenoxy) is 1. The van der Waals surface area contributed by atoms with Gasteiger partial charge >= 0.3 is 5.97 Å². The number of hydrogen-bond acceptors (Lipinski definition) is 3. The van der Waals surface area contributed by atoms with Crippen molar-refractivity contribution in [1.29, 1.82) is 5.26 Å². The van der Waals surface area contributed by atoms with Gasteiger partial charge in [-0.25, -0.2) is 9.18 Å². The molecule has 4 heteroatoms. The molecule has 0 heterocycles. The minimum atomic E-state index is -0.626. The maximum atomic E-state index is 13.2. The van der Waals surface area contributed by atoms with Gasteiger partial charge in [-0.05, 0) is 25.1 Å². The lowest BCUT2D eigenvalue weighted by atomic mass is 10.1. The highest BCUT2D eigenvalue weighted by molar-refractivity contribution is 5.89. The third-order valence-electron chi connectivity index (χ3n) is 1.90. The molecule has 1 aromatic rings. The van der Waals surface area contributed by atoms with E-state index >= 15 is 0 Å². The van der Waals surface area contributed by atoms with Gasteiger partial charge in [-0.15, -0.1) is 0 Å². The molecule has 0 spiro atoms. The van der Waals surface area contributed by atoms with Crippen LogP contribution in [0.4, 0.5) is 4.39 Å². The van der Waals surface area contributed by atoms with E-state index in [2.05, 4.69) is 16.6 Å². The fraction of sp³-hybridized carbons (Fsp3) is 0.231. The molecule has 1 aromatic carbocycles. The van der Waals surface area contributed by atoms with Crippen LogP contribution in [-0.2, 0) is 16.0 Å². The minimum Gasteiger partial charge on any atom is -0.456 e. The lowest BCUT2D eigenvalue weighted by Gasteiger charge is -1.98. The molecule has 3 nitrogen and oxygen atoms in total. The number of nitriles is 1. The zero-order chi connectivity index (χ0) is 12.7. The van der Waals surface area contributed by atoms with Crippen LogP contribution in [0.15, 0.2) is 18.2 Å². The van der Waals surface area contributed by atoms with Crippen molar-refractivity contribution < 1.29 is 13.9 Å². The lowest BCUT2D eigenvalue weighted by molar-refractivity contribution is -0.136. The van der Waals surface area contributed by atoms with Crippen molar-refractivity contribution in [2.24, 2.45) is 0 Å². The molecule has 86 valence electrons. The third-order valence-corrected chi connectivity index (χ3v) is 1.90. The SMILES string of the molecule is CCOC(=O)C#Cc1ccc(F)c(CC#N)c1. The Bertz CT molecular complexity index is 520. The van der Waals surface area contributed by atoms with Crippen molar-refractivity contribution >= 4 is 5.97 Å². The summed E-state index contributed by atoms with van der Waals surface area (Å²) in [5.41, 5.74) is 0.743. The van der Waals surface area contributed by atoms with Crippen LogP contribution in [0.3, 0.4) is 0 Å². The van der Waals surface area contributed by atoms with Crippen LogP contribution in [0.25, 0.3) is 0 Å². The molecule has 1 rings (SSSR count). The monoisotopic (exact) mass is 231 g/mol. The normalized spacial score (nSPS) is 8.76. The number of nitrogens with zero attached hydrogens (tertiary/aromatic N) is 1. The van der Waals surface area contributed by atoms with Gasteiger partial charge in [0.15, 0.2) is 0 Å². The average molecular weight is 231 g/mol. The van der Waals surface area contributed by atoms with Crippen molar-refractivity contribution in [2.45, 2.75) is 13.3 Å². The van der Waals surface area contributed by atoms with Crippen molar-refractivity contribution in [3.8, 4) is 17.9 Å². The largest absolute Gasteiger partial charge is 0.456 e. The van der Waals surface area contributed by atoms with E-state index in [-0.39, 0.29) is 18.6 Å². The van der Waals surface area contributed by atoms with Gasteiger partial charge in [0, 0.05) is 17.0 Å². The van der Waals surface area contributed by atoms with Crippen LogP contribution in [0.5, 0.6) is 0 Å². The first-order chi connectivity index (χ1) is 8.17. The second-order valence-electron chi connectivity index (χ2n) is 3.11. The number of benzene rings is 1. The number of rotatable bonds is 2. The zero-order valence-electron chi connectivity index (χ0n) is 9.29. The number of hydrogen-bond donors (Lipinski definition) is 0. The highest BCUT2D eigenvalue weighted by atomic mass is 19.1. The zero-order valence-corrected chi connectivity index (χ0v) is 9.29. The first kappa shape index (κ1) is 12.7. The molecule has 17 heavy (non-hydrogen) atoms. The average Bonchev–Trinajstić information content (AvgIpc) is 2.31. The molecule has 0 aliphatic rings. The summed E-state index contributed by atoms with van der Waals surface area (Å²) in [4.78, 5) is 11.0. The predicted molar refractivity (Wildman–Crippen MR) is 59.2 cm³/mol. The van der Waals surface area contributed by atoms with E-state index in [0.717, 1.165) is 0 Å². The van der Waals surface area contributed by atoms with Crippen LogP contribution < -0.4 is 0 Å². The van der Waals surface area contributed by atoms with Gasteiger partial charge in [0.25, 0.3) is 0 Å². The van der Waals surface area contributed by atoms with E-state index in [4.69, 9.17) is 5.26 Å². The Morgan fingerprint density at radius 3 is 2.94 bits per heavy atom. The topological polar surface area (TPSA) is 50.1 Å². The van der Waals surface area contributed by atoms with E-state index in [1.165, 1.54) is 18.2 Å². The fourth-order valence-electron chi connectivity index (χ4n) is 1.16. The van der Waals surface area contributed by atoms with Crippen molar-refractivity contribution in [1.82, 2.24) is 0 Å². The number of esters is 1. The van der Waals surface area contributed by atoms with Crippen LogP contribution >= 0.6 is 0 Å². The van der Waals surface area contributed by atoms with Crippen molar-refractivity contribution in [2.75, 3.05) is 6.61 Å². The van der Waals surface area contributed by atoms with Gasteiger partial charge in [0.1, 0.15) is 5.82 Å².